The van der Waals surface area contributed by atoms with E-state index < -0.39 is 0 Å². The molecule has 0 amide bonds. The zero-order chi connectivity index (χ0) is 13.3. The molecule has 0 saturated heterocycles. The van der Waals surface area contributed by atoms with Crippen LogP contribution in [0.3, 0.4) is 0 Å². The van der Waals surface area contributed by atoms with Crippen molar-refractivity contribution in [3.63, 3.8) is 0 Å². The maximum absolute atomic E-state index is 11.8. The van der Waals surface area contributed by atoms with Crippen molar-refractivity contribution in [1.29, 1.82) is 0 Å². The SMILES string of the molecule is O=C(CCCC1CCCCCC1)Sc1ccccn1. The molecule has 1 aromatic rings. The summed E-state index contributed by atoms with van der Waals surface area (Å²) in [5.74, 6) is 0.871. The highest BCUT2D eigenvalue weighted by Crippen LogP contribution is 2.27. The van der Waals surface area contributed by atoms with Crippen LogP contribution in [0.4, 0.5) is 0 Å². The average Bonchev–Trinajstić information content (AvgIpc) is 2.68. The molecule has 0 unspecified atom stereocenters. The fourth-order valence-electron chi connectivity index (χ4n) is 2.76. The maximum atomic E-state index is 11.8. The van der Waals surface area contributed by atoms with Gasteiger partial charge in [-0.05, 0) is 42.7 Å². The first-order valence-electron chi connectivity index (χ1n) is 7.46. The number of carbonyl (C=O) groups is 1. The predicted octanol–water partition coefficient (Wildman–Crippen LogP) is 4.84. The van der Waals surface area contributed by atoms with E-state index in [4.69, 9.17) is 0 Å². The normalized spacial score (nSPS) is 17.1. The van der Waals surface area contributed by atoms with Crippen LogP contribution in [0.5, 0.6) is 0 Å². The van der Waals surface area contributed by atoms with Gasteiger partial charge in [0.2, 0.25) is 0 Å². The standard InChI is InChI=1S/C16H23NOS/c18-16(19-15-11-5-6-13-17-15)12-7-10-14-8-3-1-2-4-9-14/h5-6,11,13-14H,1-4,7-10,12H2. The third-order valence-corrected chi connectivity index (χ3v) is 4.71. The van der Waals surface area contributed by atoms with Gasteiger partial charge in [-0.1, -0.05) is 44.6 Å². The van der Waals surface area contributed by atoms with Gasteiger partial charge in [-0.25, -0.2) is 4.98 Å². The number of pyridine rings is 1. The summed E-state index contributed by atoms with van der Waals surface area (Å²) >= 11 is 1.28. The summed E-state index contributed by atoms with van der Waals surface area (Å²) in [4.78, 5) is 16.0. The number of aromatic nitrogens is 1. The molecule has 0 aromatic carbocycles. The minimum absolute atomic E-state index is 0.257. The Balaban J connectivity index is 1.63. The second kappa shape index (κ2) is 8.36. The molecule has 0 atom stereocenters. The van der Waals surface area contributed by atoms with Gasteiger partial charge in [-0.15, -0.1) is 0 Å². The van der Waals surface area contributed by atoms with E-state index in [9.17, 15) is 4.79 Å². The van der Waals surface area contributed by atoms with E-state index in [1.54, 1.807) is 6.20 Å². The number of hydrogen-bond donors (Lipinski definition) is 0. The number of carbonyl (C=O) groups excluding carboxylic acids is 1. The van der Waals surface area contributed by atoms with Crippen LogP contribution in [0, 0.1) is 5.92 Å². The monoisotopic (exact) mass is 277 g/mol. The third kappa shape index (κ3) is 5.77. The molecule has 1 aromatic heterocycles. The molecule has 104 valence electrons. The summed E-state index contributed by atoms with van der Waals surface area (Å²) in [5.41, 5.74) is 0. The molecule has 0 aliphatic heterocycles. The van der Waals surface area contributed by atoms with Gasteiger partial charge in [0.05, 0.1) is 0 Å². The van der Waals surface area contributed by atoms with Gasteiger partial charge in [-0.3, -0.25) is 4.79 Å². The lowest BCUT2D eigenvalue weighted by atomic mass is 9.94. The molecule has 1 aliphatic carbocycles. The molecule has 0 radical (unpaired) electrons. The number of hydrogen-bond acceptors (Lipinski definition) is 3. The van der Waals surface area contributed by atoms with E-state index in [1.807, 2.05) is 18.2 Å². The van der Waals surface area contributed by atoms with E-state index in [-0.39, 0.29) is 5.12 Å². The summed E-state index contributed by atoms with van der Waals surface area (Å²) in [7, 11) is 0. The van der Waals surface area contributed by atoms with Gasteiger partial charge in [-0.2, -0.15) is 0 Å². The maximum Gasteiger partial charge on any atom is 0.195 e. The first-order valence-corrected chi connectivity index (χ1v) is 8.28. The van der Waals surface area contributed by atoms with Crippen molar-refractivity contribution in [3.8, 4) is 0 Å². The molecule has 0 N–H and O–H groups in total. The van der Waals surface area contributed by atoms with Crippen LogP contribution in [0.2, 0.25) is 0 Å². The number of rotatable bonds is 5. The number of thioether (sulfide) groups is 1. The summed E-state index contributed by atoms with van der Waals surface area (Å²) in [6.45, 7) is 0. The lowest BCUT2D eigenvalue weighted by molar-refractivity contribution is -0.111. The second-order valence-electron chi connectivity index (χ2n) is 5.39. The highest BCUT2D eigenvalue weighted by molar-refractivity contribution is 8.13. The summed E-state index contributed by atoms with van der Waals surface area (Å²) in [5, 5.41) is 1.08. The molecule has 1 aliphatic rings. The van der Waals surface area contributed by atoms with E-state index in [0.29, 0.717) is 6.42 Å². The Morgan fingerprint density at radius 1 is 1.21 bits per heavy atom. The lowest BCUT2D eigenvalue weighted by Gasteiger charge is -2.12. The van der Waals surface area contributed by atoms with E-state index >= 15 is 0 Å². The number of nitrogens with zero attached hydrogens (tertiary/aromatic N) is 1. The minimum Gasteiger partial charge on any atom is -0.287 e. The Morgan fingerprint density at radius 3 is 2.68 bits per heavy atom. The van der Waals surface area contributed by atoms with Crippen molar-refractivity contribution < 1.29 is 4.79 Å². The zero-order valence-electron chi connectivity index (χ0n) is 11.5. The van der Waals surface area contributed by atoms with Crippen LogP contribution in [-0.2, 0) is 4.79 Å². The van der Waals surface area contributed by atoms with Gasteiger partial charge in [0, 0.05) is 12.6 Å². The summed E-state index contributed by atoms with van der Waals surface area (Å²) in [6.07, 6.45) is 13.1. The van der Waals surface area contributed by atoms with Crippen LogP contribution < -0.4 is 0 Å². The lowest BCUT2D eigenvalue weighted by Crippen LogP contribution is -2.00. The van der Waals surface area contributed by atoms with Crippen molar-refractivity contribution >= 4 is 16.9 Å². The van der Waals surface area contributed by atoms with Crippen molar-refractivity contribution in [1.82, 2.24) is 4.98 Å². The first kappa shape index (κ1) is 14.6. The molecule has 1 saturated carbocycles. The Labute approximate surface area is 120 Å². The van der Waals surface area contributed by atoms with Gasteiger partial charge in [0.25, 0.3) is 0 Å². The molecule has 2 nitrogen and oxygen atoms in total. The van der Waals surface area contributed by atoms with Crippen molar-refractivity contribution in [3.05, 3.63) is 24.4 Å². The largest absolute Gasteiger partial charge is 0.287 e. The van der Waals surface area contributed by atoms with Gasteiger partial charge >= 0.3 is 0 Å². The summed E-state index contributed by atoms with van der Waals surface area (Å²) < 4.78 is 0. The van der Waals surface area contributed by atoms with Crippen LogP contribution in [0.1, 0.15) is 57.8 Å². The van der Waals surface area contributed by atoms with Crippen molar-refractivity contribution in [2.45, 2.75) is 62.8 Å². The van der Waals surface area contributed by atoms with Crippen molar-refractivity contribution in [2.24, 2.45) is 5.92 Å². The van der Waals surface area contributed by atoms with Crippen LogP contribution >= 0.6 is 11.8 Å². The van der Waals surface area contributed by atoms with E-state index in [1.165, 1.54) is 56.7 Å². The molecule has 19 heavy (non-hydrogen) atoms. The third-order valence-electron chi connectivity index (χ3n) is 3.82. The van der Waals surface area contributed by atoms with E-state index in [2.05, 4.69) is 4.98 Å². The molecule has 0 bridgehead atoms. The second-order valence-corrected chi connectivity index (χ2v) is 6.47. The highest BCUT2D eigenvalue weighted by Gasteiger charge is 2.13. The molecular formula is C16H23NOS. The van der Waals surface area contributed by atoms with Gasteiger partial charge in [0.15, 0.2) is 5.12 Å². The van der Waals surface area contributed by atoms with E-state index in [0.717, 1.165) is 17.4 Å². The topological polar surface area (TPSA) is 30.0 Å². The van der Waals surface area contributed by atoms with Crippen LogP contribution in [-0.4, -0.2) is 10.1 Å². The Morgan fingerprint density at radius 2 is 2.00 bits per heavy atom. The fourth-order valence-corrected chi connectivity index (χ4v) is 3.50. The molecular weight excluding hydrogens is 254 g/mol. The molecule has 2 rings (SSSR count). The summed E-state index contributed by atoms with van der Waals surface area (Å²) in [6, 6.07) is 5.70. The Hall–Kier alpha value is -0.830. The Bertz CT molecular complexity index is 372. The van der Waals surface area contributed by atoms with Gasteiger partial charge in [0.1, 0.15) is 5.03 Å². The molecule has 0 spiro atoms. The first-order chi connectivity index (χ1) is 9.34. The minimum atomic E-state index is 0.257. The quantitative estimate of drug-likeness (QED) is 0.569. The van der Waals surface area contributed by atoms with Crippen LogP contribution in [0.25, 0.3) is 0 Å². The highest BCUT2D eigenvalue weighted by atomic mass is 32.2. The smallest absolute Gasteiger partial charge is 0.195 e. The Kier molecular flexibility index (Phi) is 6.42. The predicted molar refractivity (Wildman–Crippen MR) is 80.1 cm³/mol. The van der Waals surface area contributed by atoms with Crippen molar-refractivity contribution in [2.75, 3.05) is 0 Å². The average molecular weight is 277 g/mol. The molecule has 3 heteroatoms. The molecule has 1 fully saturated rings. The molecule has 1 heterocycles. The zero-order valence-corrected chi connectivity index (χ0v) is 12.3. The van der Waals surface area contributed by atoms with Crippen LogP contribution in [0.15, 0.2) is 29.4 Å². The fraction of sp³-hybridized carbons (Fsp3) is 0.625. The van der Waals surface area contributed by atoms with Gasteiger partial charge < -0.3 is 0 Å².